The van der Waals surface area contributed by atoms with Gasteiger partial charge in [0.05, 0.1) is 17.8 Å². The van der Waals surface area contributed by atoms with E-state index in [1.54, 1.807) is 18.4 Å². The normalized spacial score (nSPS) is 10.7. The first kappa shape index (κ1) is 13.1. The van der Waals surface area contributed by atoms with Crippen LogP contribution in [0, 0.1) is 20.8 Å². The van der Waals surface area contributed by atoms with E-state index in [9.17, 15) is 0 Å². The number of ether oxygens (including phenoxy) is 1. The van der Waals surface area contributed by atoms with Crippen molar-refractivity contribution in [1.29, 1.82) is 0 Å². The molecule has 0 saturated heterocycles. The number of methoxy groups -OCH3 is 1. The van der Waals surface area contributed by atoms with Gasteiger partial charge >= 0.3 is 0 Å². The molecule has 0 bridgehead atoms. The van der Waals surface area contributed by atoms with Crippen molar-refractivity contribution in [3.63, 3.8) is 0 Å². The van der Waals surface area contributed by atoms with Crippen molar-refractivity contribution in [3.8, 4) is 17.0 Å². The number of rotatable bonds is 3. The molecule has 1 aromatic carbocycles. The molecule has 1 aromatic heterocycles. The fraction of sp³-hybridized carbons (Fsp3) is 0.357. The number of nitrogens with two attached hydrogens (primary N) is 1. The van der Waals surface area contributed by atoms with Crippen LogP contribution in [-0.4, -0.2) is 12.1 Å². The van der Waals surface area contributed by atoms with Gasteiger partial charge in [-0.2, -0.15) is 0 Å². The zero-order valence-corrected chi connectivity index (χ0v) is 12.0. The molecule has 18 heavy (non-hydrogen) atoms. The van der Waals surface area contributed by atoms with Crippen molar-refractivity contribution in [2.75, 3.05) is 7.11 Å². The third-order valence-corrected chi connectivity index (χ3v) is 3.96. The van der Waals surface area contributed by atoms with Gasteiger partial charge in [-0.25, -0.2) is 4.98 Å². The fourth-order valence-corrected chi connectivity index (χ4v) is 3.04. The fourth-order valence-electron chi connectivity index (χ4n) is 2.22. The predicted octanol–water partition coefficient (Wildman–Crippen LogP) is 3.20. The van der Waals surface area contributed by atoms with Crippen molar-refractivity contribution in [2.45, 2.75) is 27.3 Å². The second-order valence-electron chi connectivity index (χ2n) is 4.34. The molecule has 0 aliphatic heterocycles. The minimum Gasteiger partial charge on any atom is -0.497 e. The predicted molar refractivity (Wildman–Crippen MR) is 76.2 cm³/mol. The molecule has 2 rings (SSSR count). The number of nitrogens with zero attached hydrogens (tertiary/aromatic N) is 1. The second kappa shape index (κ2) is 5.08. The van der Waals surface area contributed by atoms with Gasteiger partial charge in [0.1, 0.15) is 5.75 Å². The second-order valence-corrected chi connectivity index (χ2v) is 5.63. The molecule has 0 unspecified atom stereocenters. The van der Waals surface area contributed by atoms with Crippen LogP contribution in [0.25, 0.3) is 11.3 Å². The van der Waals surface area contributed by atoms with Crippen LogP contribution in [0.3, 0.4) is 0 Å². The van der Waals surface area contributed by atoms with Crippen LogP contribution in [-0.2, 0) is 6.54 Å². The molecule has 96 valence electrons. The van der Waals surface area contributed by atoms with Crippen molar-refractivity contribution in [1.82, 2.24) is 4.98 Å². The van der Waals surface area contributed by atoms with Gasteiger partial charge in [0.2, 0.25) is 0 Å². The number of aryl methyl sites for hydroxylation is 3. The quantitative estimate of drug-likeness (QED) is 0.924. The molecule has 0 fully saturated rings. The Kier molecular flexibility index (Phi) is 3.68. The monoisotopic (exact) mass is 262 g/mol. The molecule has 2 aromatic rings. The molecule has 0 aliphatic carbocycles. The van der Waals surface area contributed by atoms with Gasteiger partial charge < -0.3 is 10.5 Å². The third kappa shape index (κ3) is 2.26. The van der Waals surface area contributed by atoms with E-state index in [1.165, 1.54) is 16.7 Å². The summed E-state index contributed by atoms with van der Waals surface area (Å²) in [7, 11) is 1.69. The summed E-state index contributed by atoms with van der Waals surface area (Å²) in [5.41, 5.74) is 10.4. The Balaban J connectivity index is 2.63. The topological polar surface area (TPSA) is 48.1 Å². The Morgan fingerprint density at radius 3 is 2.33 bits per heavy atom. The van der Waals surface area contributed by atoms with Crippen LogP contribution in [0.5, 0.6) is 5.75 Å². The van der Waals surface area contributed by atoms with Crippen molar-refractivity contribution >= 4 is 11.3 Å². The lowest BCUT2D eigenvalue weighted by molar-refractivity contribution is 0.414. The van der Waals surface area contributed by atoms with E-state index in [0.29, 0.717) is 6.54 Å². The number of thiazole rings is 1. The summed E-state index contributed by atoms with van der Waals surface area (Å²) in [5.74, 6) is 0.884. The van der Waals surface area contributed by atoms with Gasteiger partial charge in [-0.15, -0.1) is 11.3 Å². The lowest BCUT2D eigenvalue weighted by atomic mass is 9.99. The van der Waals surface area contributed by atoms with Gasteiger partial charge in [0.25, 0.3) is 0 Å². The number of aromatic nitrogens is 1. The summed E-state index contributed by atoms with van der Waals surface area (Å²) in [6.45, 7) is 6.72. The summed E-state index contributed by atoms with van der Waals surface area (Å²) in [5, 5.41) is 1.06. The van der Waals surface area contributed by atoms with Crippen LogP contribution in [0.4, 0.5) is 0 Å². The summed E-state index contributed by atoms with van der Waals surface area (Å²) < 4.78 is 5.29. The molecule has 0 atom stereocenters. The lowest BCUT2D eigenvalue weighted by Crippen LogP contribution is -1.98. The first-order valence-corrected chi connectivity index (χ1v) is 6.70. The molecule has 2 N–H and O–H groups in total. The smallest absolute Gasteiger partial charge is 0.119 e. The maximum Gasteiger partial charge on any atom is 0.119 e. The maximum atomic E-state index is 5.80. The van der Waals surface area contributed by atoms with Gasteiger partial charge in [-0.3, -0.25) is 0 Å². The van der Waals surface area contributed by atoms with E-state index in [1.807, 2.05) is 19.1 Å². The largest absolute Gasteiger partial charge is 0.497 e. The molecule has 0 saturated carbocycles. The van der Waals surface area contributed by atoms with Crippen molar-refractivity contribution in [3.05, 3.63) is 33.1 Å². The average Bonchev–Trinajstić information content (AvgIpc) is 2.69. The van der Waals surface area contributed by atoms with Gasteiger partial charge in [-0.1, -0.05) is 0 Å². The lowest BCUT2D eigenvalue weighted by Gasteiger charge is -2.11. The number of hydrogen-bond donors (Lipinski definition) is 1. The molecule has 0 amide bonds. The standard InChI is InChI=1S/C14H18N2OS/c1-8-5-11(17-4)6-9(2)13(8)14-12(7-15)18-10(3)16-14/h5-6H,7,15H2,1-4H3. The Labute approximate surface area is 112 Å². The Morgan fingerprint density at radius 2 is 1.83 bits per heavy atom. The molecule has 1 heterocycles. The maximum absolute atomic E-state index is 5.80. The van der Waals surface area contributed by atoms with E-state index >= 15 is 0 Å². The zero-order chi connectivity index (χ0) is 13.3. The highest BCUT2D eigenvalue weighted by Gasteiger charge is 2.15. The zero-order valence-electron chi connectivity index (χ0n) is 11.2. The van der Waals surface area contributed by atoms with Crippen LogP contribution < -0.4 is 10.5 Å². The van der Waals surface area contributed by atoms with Crippen LogP contribution in [0.1, 0.15) is 21.0 Å². The highest BCUT2D eigenvalue weighted by molar-refractivity contribution is 7.12. The first-order chi connectivity index (χ1) is 8.56. The van der Waals surface area contributed by atoms with Crippen molar-refractivity contribution < 1.29 is 4.74 Å². The van der Waals surface area contributed by atoms with Gasteiger partial charge in [0.15, 0.2) is 0 Å². The number of benzene rings is 1. The van der Waals surface area contributed by atoms with Gasteiger partial charge in [-0.05, 0) is 44.0 Å². The summed E-state index contributed by atoms with van der Waals surface area (Å²) in [6, 6.07) is 4.08. The molecule has 0 spiro atoms. The Morgan fingerprint density at radius 1 is 1.22 bits per heavy atom. The van der Waals surface area contributed by atoms with Gasteiger partial charge in [0, 0.05) is 17.0 Å². The van der Waals surface area contributed by atoms with Crippen molar-refractivity contribution in [2.24, 2.45) is 5.73 Å². The van der Waals surface area contributed by atoms with E-state index in [2.05, 4.69) is 18.8 Å². The third-order valence-electron chi connectivity index (χ3n) is 2.97. The molecular formula is C14H18N2OS. The van der Waals surface area contributed by atoms with Crippen LogP contribution >= 0.6 is 11.3 Å². The first-order valence-electron chi connectivity index (χ1n) is 5.88. The highest BCUT2D eigenvalue weighted by atomic mass is 32.1. The Hall–Kier alpha value is -1.39. The average molecular weight is 262 g/mol. The molecular weight excluding hydrogens is 244 g/mol. The number of hydrogen-bond acceptors (Lipinski definition) is 4. The summed E-state index contributed by atoms with van der Waals surface area (Å²) in [4.78, 5) is 5.77. The van der Waals surface area contributed by atoms with E-state index < -0.39 is 0 Å². The summed E-state index contributed by atoms with van der Waals surface area (Å²) >= 11 is 1.67. The molecule has 4 heteroatoms. The van der Waals surface area contributed by atoms with Crippen LogP contribution in [0.15, 0.2) is 12.1 Å². The van der Waals surface area contributed by atoms with Crippen LogP contribution in [0.2, 0.25) is 0 Å². The Bertz CT molecular complexity index is 552. The minimum absolute atomic E-state index is 0.533. The van der Waals surface area contributed by atoms with E-state index in [4.69, 9.17) is 10.5 Å². The highest BCUT2D eigenvalue weighted by Crippen LogP contribution is 2.34. The molecule has 0 aliphatic rings. The minimum atomic E-state index is 0.533. The molecule has 0 radical (unpaired) electrons. The summed E-state index contributed by atoms with van der Waals surface area (Å²) in [6.07, 6.45) is 0. The molecule has 3 nitrogen and oxygen atoms in total. The van der Waals surface area contributed by atoms with E-state index in [-0.39, 0.29) is 0 Å². The van der Waals surface area contributed by atoms with E-state index in [0.717, 1.165) is 21.3 Å². The SMILES string of the molecule is COc1cc(C)c(-c2nc(C)sc2CN)c(C)c1.